The van der Waals surface area contributed by atoms with E-state index < -0.39 is 5.60 Å². The molecular formula is C29H34OS. The maximum Gasteiger partial charge on any atom is 0.0744 e. The van der Waals surface area contributed by atoms with E-state index >= 15 is 0 Å². The molecule has 0 aliphatic heterocycles. The number of allylic oxidation sites excluding steroid dienone is 2. The number of thiophene rings is 1. The Bertz CT molecular complexity index is 1030. The lowest BCUT2D eigenvalue weighted by Crippen LogP contribution is -2.51. The van der Waals surface area contributed by atoms with Gasteiger partial charge in [-0.25, -0.2) is 0 Å². The van der Waals surface area contributed by atoms with Crippen molar-refractivity contribution >= 4 is 11.3 Å². The second kappa shape index (κ2) is 7.18. The predicted octanol–water partition coefficient (Wildman–Crippen LogP) is 7.74. The zero-order valence-corrected chi connectivity index (χ0v) is 19.6. The van der Waals surface area contributed by atoms with Gasteiger partial charge in [0.25, 0.3) is 0 Å². The fourth-order valence-electron chi connectivity index (χ4n) is 7.64. The van der Waals surface area contributed by atoms with Crippen LogP contribution in [-0.4, -0.2) is 10.7 Å². The summed E-state index contributed by atoms with van der Waals surface area (Å²) in [5.41, 5.74) is 6.76. The van der Waals surface area contributed by atoms with E-state index in [9.17, 15) is 5.11 Å². The first-order chi connectivity index (χ1) is 15.0. The Kier molecular flexibility index (Phi) is 4.64. The molecule has 6 atom stereocenters. The molecule has 1 heterocycles. The van der Waals surface area contributed by atoms with Crippen LogP contribution < -0.4 is 0 Å². The standard InChI is InChI=1S/C29H34OS/c1-28-17-25(21-9-7-19(8-10-21)22-14-16-31-18-22)27-23-6-4-3-5-20(23)11-12-24(27)26(28)13-15-29(28,2)30/h5,7-10,13-14,16,18,23-25,27,30H,3-4,6,11-12,15,17H2,1-2H3/t23-,24-,25+,27+,28-,29-/m0/s1. The van der Waals surface area contributed by atoms with Crippen molar-refractivity contribution < 1.29 is 5.11 Å². The highest BCUT2D eigenvalue weighted by atomic mass is 32.1. The van der Waals surface area contributed by atoms with Crippen LogP contribution in [0.2, 0.25) is 0 Å². The molecule has 0 radical (unpaired) electrons. The van der Waals surface area contributed by atoms with Gasteiger partial charge in [-0.1, -0.05) is 54.5 Å². The molecule has 0 bridgehead atoms. The Labute approximate surface area is 190 Å². The topological polar surface area (TPSA) is 20.2 Å². The molecule has 1 nitrogen and oxygen atoms in total. The molecule has 1 aromatic heterocycles. The van der Waals surface area contributed by atoms with Gasteiger partial charge in [0.1, 0.15) is 0 Å². The molecule has 1 aromatic carbocycles. The Morgan fingerprint density at radius 3 is 2.55 bits per heavy atom. The molecule has 6 rings (SSSR count). The first-order valence-electron chi connectivity index (χ1n) is 12.2. The van der Waals surface area contributed by atoms with E-state index in [1.807, 2.05) is 0 Å². The van der Waals surface area contributed by atoms with E-state index in [0.29, 0.717) is 17.8 Å². The molecule has 1 N–H and O–H groups in total. The number of hydrogen-bond acceptors (Lipinski definition) is 2. The fraction of sp³-hybridized carbons (Fsp3) is 0.517. The maximum atomic E-state index is 11.4. The van der Waals surface area contributed by atoms with Crippen molar-refractivity contribution in [3.63, 3.8) is 0 Å². The van der Waals surface area contributed by atoms with Gasteiger partial charge in [0.15, 0.2) is 0 Å². The van der Waals surface area contributed by atoms with Crippen LogP contribution in [0.3, 0.4) is 0 Å². The molecule has 2 heteroatoms. The third kappa shape index (κ3) is 2.98. The smallest absolute Gasteiger partial charge is 0.0744 e. The average Bonchev–Trinajstić information content (AvgIpc) is 3.40. The largest absolute Gasteiger partial charge is 0.389 e. The van der Waals surface area contributed by atoms with Crippen LogP contribution in [0.5, 0.6) is 0 Å². The van der Waals surface area contributed by atoms with Crippen molar-refractivity contribution in [2.45, 2.75) is 70.3 Å². The van der Waals surface area contributed by atoms with E-state index in [1.165, 1.54) is 48.8 Å². The van der Waals surface area contributed by atoms with Gasteiger partial charge in [-0.05, 0) is 109 Å². The van der Waals surface area contributed by atoms with Crippen LogP contribution in [0, 0.1) is 23.2 Å². The molecule has 2 saturated carbocycles. The van der Waals surface area contributed by atoms with E-state index in [0.717, 1.165) is 18.8 Å². The molecule has 162 valence electrons. The Morgan fingerprint density at radius 2 is 1.77 bits per heavy atom. The second-order valence-electron chi connectivity index (χ2n) is 11.0. The van der Waals surface area contributed by atoms with Crippen molar-refractivity contribution in [1.29, 1.82) is 0 Å². The van der Waals surface area contributed by atoms with Gasteiger partial charge in [0, 0.05) is 5.41 Å². The van der Waals surface area contributed by atoms with E-state index in [2.05, 4.69) is 67.1 Å². The van der Waals surface area contributed by atoms with E-state index in [-0.39, 0.29) is 5.41 Å². The summed E-state index contributed by atoms with van der Waals surface area (Å²) < 4.78 is 0. The summed E-state index contributed by atoms with van der Waals surface area (Å²) >= 11 is 1.76. The summed E-state index contributed by atoms with van der Waals surface area (Å²) in [6.45, 7) is 4.45. The second-order valence-corrected chi connectivity index (χ2v) is 11.7. The number of rotatable bonds is 2. The van der Waals surface area contributed by atoms with E-state index in [4.69, 9.17) is 0 Å². The molecule has 0 unspecified atom stereocenters. The van der Waals surface area contributed by atoms with Crippen LogP contribution in [0.4, 0.5) is 0 Å². The van der Waals surface area contributed by atoms with Crippen molar-refractivity contribution in [2.75, 3.05) is 0 Å². The third-order valence-corrected chi connectivity index (χ3v) is 10.2. The van der Waals surface area contributed by atoms with Crippen molar-refractivity contribution in [1.82, 2.24) is 0 Å². The molecule has 4 aliphatic rings. The molecule has 4 aliphatic carbocycles. The van der Waals surface area contributed by atoms with Gasteiger partial charge in [-0.15, -0.1) is 0 Å². The Morgan fingerprint density at radius 1 is 0.935 bits per heavy atom. The van der Waals surface area contributed by atoms with Crippen LogP contribution >= 0.6 is 11.3 Å². The highest BCUT2D eigenvalue weighted by Crippen LogP contribution is 2.66. The Balaban J connectivity index is 1.43. The third-order valence-electron chi connectivity index (χ3n) is 9.51. The lowest BCUT2D eigenvalue weighted by atomic mass is 9.48. The summed E-state index contributed by atoms with van der Waals surface area (Å²) in [7, 11) is 0. The minimum atomic E-state index is -0.620. The number of fused-ring (bicyclic) bond motifs is 5. The maximum absolute atomic E-state index is 11.4. The highest BCUT2D eigenvalue weighted by Gasteiger charge is 2.59. The predicted molar refractivity (Wildman–Crippen MR) is 130 cm³/mol. The zero-order chi connectivity index (χ0) is 21.2. The average molecular weight is 431 g/mol. The number of benzene rings is 1. The van der Waals surface area contributed by atoms with Crippen LogP contribution in [0.1, 0.15) is 70.3 Å². The molecule has 0 amide bonds. The minimum Gasteiger partial charge on any atom is -0.389 e. The van der Waals surface area contributed by atoms with Crippen LogP contribution in [0.25, 0.3) is 11.1 Å². The summed E-state index contributed by atoms with van der Waals surface area (Å²) in [6, 6.07) is 11.7. The normalized spacial score (nSPS) is 39.2. The fourth-order valence-corrected chi connectivity index (χ4v) is 8.31. The molecule has 2 aromatic rings. The van der Waals surface area contributed by atoms with Gasteiger partial charge in [-0.2, -0.15) is 11.3 Å². The molecule has 31 heavy (non-hydrogen) atoms. The Hall–Kier alpha value is -1.64. The van der Waals surface area contributed by atoms with Crippen molar-refractivity contribution in [3.8, 4) is 11.1 Å². The van der Waals surface area contributed by atoms with Gasteiger partial charge >= 0.3 is 0 Å². The van der Waals surface area contributed by atoms with Crippen molar-refractivity contribution in [3.05, 3.63) is 70.0 Å². The molecule has 0 saturated heterocycles. The minimum absolute atomic E-state index is 0.0965. The first-order valence-corrected chi connectivity index (χ1v) is 13.2. The van der Waals surface area contributed by atoms with Crippen LogP contribution in [-0.2, 0) is 0 Å². The summed E-state index contributed by atoms with van der Waals surface area (Å²) in [5.74, 6) is 2.60. The van der Waals surface area contributed by atoms with E-state index in [1.54, 1.807) is 22.5 Å². The SMILES string of the molecule is C[C@]1(O)CC=C2[C@@H]3CCC4=CCCC[C@@H]4[C@H]3[C@@H](c3ccc(-c4ccsc4)cc3)C[C@@]21C. The highest BCUT2D eigenvalue weighted by molar-refractivity contribution is 7.08. The van der Waals surface area contributed by atoms with Gasteiger partial charge in [0.2, 0.25) is 0 Å². The number of aliphatic hydroxyl groups is 1. The quantitative estimate of drug-likeness (QED) is 0.483. The van der Waals surface area contributed by atoms with Crippen LogP contribution in [0.15, 0.2) is 64.4 Å². The summed E-state index contributed by atoms with van der Waals surface area (Å²) in [6.07, 6.45) is 13.4. The van der Waals surface area contributed by atoms with Gasteiger partial charge in [0.05, 0.1) is 5.60 Å². The zero-order valence-electron chi connectivity index (χ0n) is 18.8. The lowest BCUT2D eigenvalue weighted by molar-refractivity contribution is -0.0615. The van der Waals surface area contributed by atoms with Crippen molar-refractivity contribution in [2.24, 2.45) is 23.2 Å². The first kappa shape index (κ1) is 20.0. The summed E-state index contributed by atoms with van der Waals surface area (Å²) in [5, 5.41) is 15.8. The lowest BCUT2D eigenvalue weighted by Gasteiger charge is -2.57. The van der Waals surface area contributed by atoms with Gasteiger partial charge in [-0.3, -0.25) is 0 Å². The molecule has 2 fully saturated rings. The number of hydrogen-bond donors (Lipinski definition) is 1. The molecular weight excluding hydrogens is 396 g/mol. The van der Waals surface area contributed by atoms with Gasteiger partial charge < -0.3 is 5.11 Å². The summed E-state index contributed by atoms with van der Waals surface area (Å²) in [4.78, 5) is 0. The molecule has 0 spiro atoms. The monoisotopic (exact) mass is 430 g/mol.